The van der Waals surface area contributed by atoms with Crippen LogP contribution in [0.5, 0.6) is 11.5 Å². The number of carbonyl (C=O) groups is 3. The molecule has 0 unspecified atom stereocenters. The van der Waals surface area contributed by atoms with E-state index in [0.29, 0.717) is 5.75 Å². The van der Waals surface area contributed by atoms with E-state index in [2.05, 4.69) is 16.4 Å². The van der Waals surface area contributed by atoms with E-state index in [1.54, 1.807) is 28.1 Å². The number of carbonyl (C=O) groups excluding carboxylic acids is 3. The molecular weight excluding hydrogens is 566 g/mol. The Balaban J connectivity index is 1.52. The summed E-state index contributed by atoms with van der Waals surface area (Å²) in [7, 11) is 3.23. The SMILES string of the molecule is CCOC(=O)c1nnn(CC(=O)N2N=C3/C(=C/c4ccc(OC)cc4)CCC[C@H]3[C@@H]2c2ccc(OC)cc2)c1C(=O)OCC. The van der Waals surface area contributed by atoms with Crippen molar-refractivity contribution < 1.29 is 33.3 Å². The Morgan fingerprint density at radius 3 is 2.18 bits per heavy atom. The Morgan fingerprint density at radius 1 is 0.909 bits per heavy atom. The fraction of sp³-hybridized carbons (Fsp3) is 0.375. The van der Waals surface area contributed by atoms with Gasteiger partial charge in [0, 0.05) is 5.92 Å². The van der Waals surface area contributed by atoms with Gasteiger partial charge >= 0.3 is 11.9 Å². The quantitative estimate of drug-likeness (QED) is 0.309. The number of hydrazone groups is 1. The number of rotatable bonds is 10. The van der Waals surface area contributed by atoms with E-state index < -0.39 is 30.4 Å². The predicted molar refractivity (Wildman–Crippen MR) is 160 cm³/mol. The second kappa shape index (κ2) is 13.5. The van der Waals surface area contributed by atoms with Crippen LogP contribution in [0, 0.1) is 5.92 Å². The fourth-order valence-electron chi connectivity index (χ4n) is 5.61. The highest BCUT2D eigenvalue weighted by Gasteiger charge is 2.44. The van der Waals surface area contributed by atoms with Crippen molar-refractivity contribution in [3.05, 3.63) is 76.6 Å². The zero-order valence-electron chi connectivity index (χ0n) is 25.2. The first-order valence-electron chi connectivity index (χ1n) is 14.6. The molecular formula is C32H35N5O7. The van der Waals surface area contributed by atoms with Gasteiger partial charge in [0.25, 0.3) is 5.91 Å². The molecule has 5 rings (SSSR count). The molecule has 1 aliphatic carbocycles. The Hall–Kier alpha value is -5.00. The number of hydrogen-bond donors (Lipinski definition) is 0. The molecule has 0 spiro atoms. The lowest BCUT2D eigenvalue weighted by Gasteiger charge is -2.29. The number of methoxy groups -OCH3 is 2. The van der Waals surface area contributed by atoms with E-state index in [1.807, 2.05) is 48.5 Å². The van der Waals surface area contributed by atoms with Crippen LogP contribution in [0.2, 0.25) is 0 Å². The average Bonchev–Trinajstić information content (AvgIpc) is 3.64. The molecule has 2 aromatic carbocycles. The van der Waals surface area contributed by atoms with Crippen molar-refractivity contribution in [2.75, 3.05) is 27.4 Å². The molecule has 0 saturated heterocycles. The van der Waals surface area contributed by atoms with Crippen molar-refractivity contribution in [3.63, 3.8) is 0 Å². The normalized spacial score (nSPS) is 18.4. The molecule has 3 aromatic rings. The highest BCUT2D eigenvalue weighted by molar-refractivity contribution is 6.08. The van der Waals surface area contributed by atoms with Crippen molar-refractivity contribution in [2.24, 2.45) is 11.0 Å². The number of allylic oxidation sites excluding steroid dienone is 1. The van der Waals surface area contributed by atoms with Gasteiger partial charge in [0.1, 0.15) is 18.0 Å². The topological polar surface area (TPSA) is 134 Å². The van der Waals surface area contributed by atoms with Crippen LogP contribution in [0.3, 0.4) is 0 Å². The van der Waals surface area contributed by atoms with Gasteiger partial charge < -0.3 is 18.9 Å². The molecule has 0 bridgehead atoms. The lowest BCUT2D eigenvalue weighted by atomic mass is 9.77. The molecule has 230 valence electrons. The third-order valence-corrected chi connectivity index (χ3v) is 7.63. The van der Waals surface area contributed by atoms with Crippen molar-refractivity contribution in [1.82, 2.24) is 20.0 Å². The minimum Gasteiger partial charge on any atom is -0.497 e. The number of aromatic nitrogens is 3. The Labute approximate surface area is 255 Å². The standard InChI is InChI=1S/C32H35N5O7/c1-5-43-31(39)28-30(32(40)44-6-2)36(35-33-28)19-26(38)37-29(21-12-16-24(42-4)17-13-21)25-9-7-8-22(27(25)34-37)18-20-10-14-23(41-3)15-11-20/h10-18,25,29H,5-9,19H2,1-4H3/b22-18+/t25-,29+/m1/s1. The molecule has 2 heterocycles. The molecule has 1 fully saturated rings. The van der Waals surface area contributed by atoms with E-state index in [4.69, 9.17) is 24.0 Å². The maximum Gasteiger partial charge on any atom is 0.361 e. The molecule has 0 radical (unpaired) electrons. The number of esters is 2. The van der Waals surface area contributed by atoms with Crippen molar-refractivity contribution >= 4 is 29.6 Å². The van der Waals surface area contributed by atoms with E-state index in [1.165, 1.54) is 5.01 Å². The highest BCUT2D eigenvalue weighted by atomic mass is 16.5. The summed E-state index contributed by atoms with van der Waals surface area (Å²) in [4.78, 5) is 39.4. The second-order valence-corrected chi connectivity index (χ2v) is 10.3. The van der Waals surface area contributed by atoms with E-state index >= 15 is 0 Å². The summed E-state index contributed by atoms with van der Waals surface area (Å²) < 4.78 is 21.9. The van der Waals surface area contributed by atoms with Crippen LogP contribution >= 0.6 is 0 Å². The number of nitrogens with zero attached hydrogens (tertiary/aromatic N) is 5. The minimum atomic E-state index is -0.828. The maximum absolute atomic E-state index is 14.0. The summed E-state index contributed by atoms with van der Waals surface area (Å²) in [6.45, 7) is 3.02. The third-order valence-electron chi connectivity index (χ3n) is 7.63. The summed E-state index contributed by atoms with van der Waals surface area (Å²) in [5, 5.41) is 14.2. The molecule has 1 saturated carbocycles. The van der Waals surface area contributed by atoms with Crippen LogP contribution < -0.4 is 9.47 Å². The van der Waals surface area contributed by atoms with E-state index in [0.717, 1.165) is 52.1 Å². The van der Waals surface area contributed by atoms with Crippen LogP contribution in [0.15, 0.2) is 59.2 Å². The fourth-order valence-corrected chi connectivity index (χ4v) is 5.61. The first kappa shape index (κ1) is 30.5. The van der Waals surface area contributed by atoms with Gasteiger partial charge in [-0.3, -0.25) is 4.79 Å². The number of benzene rings is 2. The monoisotopic (exact) mass is 601 g/mol. The maximum atomic E-state index is 14.0. The van der Waals surface area contributed by atoms with Crippen molar-refractivity contribution in [1.29, 1.82) is 0 Å². The van der Waals surface area contributed by atoms with Crippen LogP contribution in [-0.4, -0.2) is 71.0 Å². The van der Waals surface area contributed by atoms with E-state index in [9.17, 15) is 14.4 Å². The van der Waals surface area contributed by atoms with Gasteiger partial charge in [0.05, 0.1) is 39.2 Å². The predicted octanol–water partition coefficient (Wildman–Crippen LogP) is 4.47. The largest absolute Gasteiger partial charge is 0.497 e. The molecule has 2 aliphatic rings. The van der Waals surface area contributed by atoms with Crippen LogP contribution in [0.25, 0.3) is 6.08 Å². The summed E-state index contributed by atoms with van der Waals surface area (Å²) in [5.74, 6) is -0.673. The first-order valence-corrected chi connectivity index (χ1v) is 14.6. The average molecular weight is 602 g/mol. The number of amides is 1. The Bertz CT molecular complexity index is 1580. The van der Waals surface area contributed by atoms with Crippen molar-refractivity contribution in [2.45, 2.75) is 45.7 Å². The van der Waals surface area contributed by atoms with Gasteiger partial charge in [-0.1, -0.05) is 29.5 Å². The van der Waals surface area contributed by atoms with Gasteiger partial charge in [-0.05, 0) is 80.2 Å². The number of fused-ring (bicyclic) bond motifs is 1. The third kappa shape index (κ3) is 6.19. The molecule has 1 aromatic heterocycles. The van der Waals surface area contributed by atoms with Gasteiger partial charge in [0.2, 0.25) is 5.69 Å². The zero-order valence-corrected chi connectivity index (χ0v) is 25.2. The van der Waals surface area contributed by atoms with E-state index in [-0.39, 0.29) is 30.5 Å². The molecule has 44 heavy (non-hydrogen) atoms. The number of hydrogen-bond acceptors (Lipinski definition) is 10. The highest BCUT2D eigenvalue weighted by Crippen LogP contribution is 2.44. The summed E-state index contributed by atoms with van der Waals surface area (Å²) in [5.41, 5.74) is 3.24. The summed E-state index contributed by atoms with van der Waals surface area (Å²) in [6, 6.07) is 15.0. The van der Waals surface area contributed by atoms with Gasteiger partial charge in [-0.25, -0.2) is 19.3 Å². The molecule has 12 nitrogen and oxygen atoms in total. The Morgan fingerprint density at radius 2 is 1.55 bits per heavy atom. The summed E-state index contributed by atoms with van der Waals surface area (Å²) in [6.07, 6.45) is 4.69. The molecule has 1 amide bonds. The summed E-state index contributed by atoms with van der Waals surface area (Å²) >= 11 is 0. The van der Waals surface area contributed by atoms with Crippen LogP contribution in [-0.2, 0) is 20.8 Å². The van der Waals surface area contributed by atoms with Crippen LogP contribution in [0.4, 0.5) is 0 Å². The molecule has 2 atom stereocenters. The van der Waals surface area contributed by atoms with Crippen molar-refractivity contribution in [3.8, 4) is 11.5 Å². The van der Waals surface area contributed by atoms with Gasteiger partial charge in [0.15, 0.2) is 5.69 Å². The Kier molecular flexibility index (Phi) is 9.37. The second-order valence-electron chi connectivity index (χ2n) is 10.3. The molecule has 12 heteroatoms. The van der Waals surface area contributed by atoms with Gasteiger partial charge in [-0.15, -0.1) is 5.10 Å². The minimum absolute atomic E-state index is 0.0547. The lowest BCUT2D eigenvalue weighted by Crippen LogP contribution is -2.34. The molecule has 0 N–H and O–H groups in total. The number of ether oxygens (including phenoxy) is 4. The lowest BCUT2D eigenvalue weighted by molar-refractivity contribution is -0.134. The zero-order chi connectivity index (χ0) is 31.2. The van der Waals surface area contributed by atoms with Gasteiger partial charge in [-0.2, -0.15) is 5.10 Å². The first-order chi connectivity index (χ1) is 21.4. The van der Waals surface area contributed by atoms with Crippen LogP contribution in [0.1, 0.15) is 71.3 Å². The smallest absolute Gasteiger partial charge is 0.361 e. The molecule has 1 aliphatic heterocycles.